The largest absolute Gasteiger partial charge is 0.790 e. The van der Waals surface area contributed by atoms with Crippen LogP contribution in [0.3, 0.4) is 0 Å². The standard InChI is InChI=1S/C47H55N3O21P2.HO2P/c1-2-3-4-5-6-9-20-64-37-23-27(12-17-34(37)69-73(61,62)71-41-38(51)39(52)42(68-57)43(40(41)53)70-72(58,59)60)26-65-46(56)49-29-14-16-33-36(25-29)66-35-24-28(48-45(55)50-18-21-63-22-19-50)13-15-32(35)47(33)31-11-8-7-10-30(31)44(54)67-47;1-3-2/h7-8,10-17,23-25,38-43,51-53,57H,2-6,9,18-22,26H2,1H3,(H,48,55)(H,49,56)(H,61,62)(H2,58,59,60);(H,1,2)/p-5/t38-,39+,40+,41-,42-,43?,47?;/m1./s1. The maximum atomic E-state index is 13.4. The summed E-state index contributed by atoms with van der Waals surface area (Å²) < 4.78 is 76.6. The van der Waals surface area contributed by atoms with Gasteiger partial charge in [-0.3, -0.25) is 14.4 Å². The van der Waals surface area contributed by atoms with Gasteiger partial charge >= 0.3 is 25.9 Å². The fraction of sp³-hybridized carbons (Fsp3) is 0.426. The van der Waals surface area contributed by atoms with E-state index < -0.39 is 91.0 Å². The Morgan fingerprint density at radius 1 is 0.789 bits per heavy atom. The lowest BCUT2D eigenvalue weighted by atomic mass is 9.77. The van der Waals surface area contributed by atoms with Crippen LogP contribution >= 0.6 is 24.3 Å². The number of benzene rings is 4. The molecule has 3 unspecified atom stereocenters. The lowest BCUT2D eigenvalue weighted by molar-refractivity contribution is -0.710. The first-order valence-electron chi connectivity index (χ1n) is 23.6. The van der Waals surface area contributed by atoms with E-state index in [0.717, 1.165) is 38.2 Å². The molecule has 2 fully saturated rings. The summed E-state index contributed by atoms with van der Waals surface area (Å²) in [6.45, 7) is 3.39. The van der Waals surface area contributed by atoms with E-state index in [4.69, 9.17) is 42.2 Å². The van der Waals surface area contributed by atoms with Gasteiger partial charge in [-0.15, -0.1) is 0 Å². The van der Waals surface area contributed by atoms with Crippen LogP contribution in [0, 0.1) is 0 Å². The van der Waals surface area contributed by atoms with Crippen LogP contribution in [-0.2, 0) is 54.0 Å². The van der Waals surface area contributed by atoms with Gasteiger partial charge in [-0.25, -0.2) is 14.4 Å². The number of carbonyl (C=O) groups excluding carboxylic acids is 3. The molecule has 0 radical (unpaired) electrons. The zero-order valence-corrected chi connectivity index (χ0v) is 42.9. The van der Waals surface area contributed by atoms with Gasteiger partial charge in [0.25, 0.3) is 0 Å². The highest BCUT2D eigenvalue weighted by Crippen LogP contribution is 2.57. The summed E-state index contributed by atoms with van der Waals surface area (Å²) in [5.41, 5.74) is 1.27. The maximum Gasteiger partial charge on any atom is 0.411 e. The summed E-state index contributed by atoms with van der Waals surface area (Å²) in [6.07, 6.45) is -10.3. The van der Waals surface area contributed by atoms with E-state index in [1.807, 2.05) is 0 Å². The molecule has 8 rings (SSSR count). The third-order valence-corrected chi connectivity index (χ3v) is 13.9. The topological polar surface area (TPSA) is 389 Å². The second kappa shape index (κ2) is 25.7. The van der Waals surface area contributed by atoms with Crippen molar-refractivity contribution in [2.75, 3.05) is 43.5 Å². The van der Waals surface area contributed by atoms with Crippen LogP contribution in [0.25, 0.3) is 0 Å². The van der Waals surface area contributed by atoms with Crippen LogP contribution in [0.4, 0.5) is 21.0 Å². The summed E-state index contributed by atoms with van der Waals surface area (Å²) in [5, 5.41) is 48.4. The summed E-state index contributed by atoms with van der Waals surface area (Å²) in [4.78, 5) is 89.5. The Morgan fingerprint density at radius 2 is 1.42 bits per heavy atom. The van der Waals surface area contributed by atoms with Crippen molar-refractivity contribution in [3.63, 3.8) is 0 Å². The normalized spacial score (nSPS) is 23.3. The van der Waals surface area contributed by atoms with Crippen molar-refractivity contribution in [1.29, 1.82) is 0 Å². The predicted octanol–water partition coefficient (Wildman–Crippen LogP) is 2.36. The lowest BCUT2D eigenvalue weighted by Crippen LogP contribution is -2.66. The number of amides is 3. The molecule has 4 aliphatic rings. The number of phosphoric acid groups is 2. The first-order valence-corrected chi connectivity index (χ1v) is 27.3. The molecular weight excluding hydrogens is 1070 g/mol. The number of unbranched alkanes of at least 4 members (excludes halogenated alkanes) is 5. The Morgan fingerprint density at radius 3 is 2.08 bits per heavy atom. The number of hydrogen-bond donors (Lipinski definition) is 5. The number of fused-ring (bicyclic) bond motifs is 6. The first-order chi connectivity index (χ1) is 36.3. The minimum absolute atomic E-state index is 0.0743. The molecule has 3 amide bonds. The molecule has 0 aromatic heterocycles. The third-order valence-electron chi connectivity index (χ3n) is 12.5. The molecule has 76 heavy (non-hydrogen) atoms. The zero-order chi connectivity index (χ0) is 54.8. The Bertz CT molecular complexity index is 2820. The fourth-order valence-electron chi connectivity index (χ4n) is 8.96. The van der Waals surface area contributed by atoms with Gasteiger partial charge in [0.15, 0.2) is 17.1 Å². The second-order valence-electron chi connectivity index (χ2n) is 17.5. The van der Waals surface area contributed by atoms with Gasteiger partial charge in [0, 0.05) is 53.3 Å². The molecule has 3 aliphatic heterocycles. The Kier molecular flexibility index (Phi) is 19.6. The number of nitrogens with zero attached hydrogens (tertiary/aromatic N) is 1. The van der Waals surface area contributed by atoms with Gasteiger partial charge < -0.3 is 97.1 Å². The highest BCUT2D eigenvalue weighted by Gasteiger charge is 2.54. The summed E-state index contributed by atoms with van der Waals surface area (Å²) in [5.74, 6) is -0.751. The second-order valence-corrected chi connectivity index (χ2v) is 20.0. The van der Waals surface area contributed by atoms with E-state index in [1.165, 1.54) is 18.2 Å². The minimum Gasteiger partial charge on any atom is -0.790 e. The van der Waals surface area contributed by atoms with Crippen molar-refractivity contribution in [3.8, 4) is 23.0 Å². The first kappa shape index (κ1) is 58.1. The number of urea groups is 1. The van der Waals surface area contributed by atoms with Crippen LogP contribution in [0.5, 0.6) is 23.0 Å². The molecule has 5 N–H and O–H groups in total. The lowest BCUT2D eigenvalue weighted by Gasteiger charge is -2.49. The van der Waals surface area contributed by atoms with Crippen LogP contribution in [0.15, 0.2) is 78.9 Å². The number of carbonyl (C=O) groups is 3. The van der Waals surface area contributed by atoms with Crippen LogP contribution in [0.2, 0.25) is 0 Å². The zero-order valence-electron chi connectivity index (χ0n) is 40.3. The molecule has 1 saturated heterocycles. The number of anilines is 2. The van der Waals surface area contributed by atoms with E-state index in [0.29, 0.717) is 60.7 Å². The minimum atomic E-state index is -5.99. The van der Waals surface area contributed by atoms with E-state index >= 15 is 0 Å². The number of phosphoric ester groups is 2. The summed E-state index contributed by atoms with van der Waals surface area (Å²) in [7, 11) is -12.8. The molecule has 8 atom stereocenters. The number of esters is 1. The summed E-state index contributed by atoms with van der Waals surface area (Å²) in [6, 6.07) is 20.1. The molecule has 1 saturated carbocycles. The van der Waals surface area contributed by atoms with Crippen molar-refractivity contribution in [3.05, 3.63) is 107 Å². The van der Waals surface area contributed by atoms with Crippen molar-refractivity contribution in [2.45, 2.75) is 94.3 Å². The molecular formula is C47H51N3O23P3-5. The van der Waals surface area contributed by atoms with Gasteiger partial charge in [-0.05, 0) is 54.4 Å². The number of morpholine rings is 1. The SMILES string of the molecule is CCCCCCCCOc1cc(COC(=O)Nc2ccc3c(c2)Oc2cc(NC(=O)N4CCOCC4)ccc2C32OC(=O)c3ccccc32)ccc1OP(=O)([O-])O[C@@H]1[C@H](O)[C@H](O)[C@@H](O[O-])C(OP(=O)([O-])[O-])[C@H]1O.O=P[O-]. The highest BCUT2D eigenvalue weighted by atomic mass is 31.2. The highest BCUT2D eigenvalue weighted by molar-refractivity contribution is 7.46. The quantitative estimate of drug-likeness (QED) is 0.0296. The third kappa shape index (κ3) is 13.7. The van der Waals surface area contributed by atoms with Gasteiger partial charge in [0.05, 0.1) is 41.9 Å². The van der Waals surface area contributed by atoms with Gasteiger partial charge in [0.1, 0.15) is 54.7 Å². The Hall–Kier alpha value is -5.63. The molecule has 3 heterocycles. The molecule has 0 bridgehead atoms. The molecule has 1 spiro atoms. The van der Waals surface area contributed by atoms with E-state index in [9.17, 15) is 58.8 Å². The molecule has 4 aromatic rings. The number of ether oxygens (including phenoxy) is 5. The predicted molar refractivity (Wildman–Crippen MR) is 251 cm³/mol. The molecule has 4 aromatic carbocycles. The van der Waals surface area contributed by atoms with Crippen LogP contribution in [-0.4, -0.2) is 108 Å². The van der Waals surface area contributed by atoms with E-state index in [2.05, 4.69) is 27.0 Å². The monoisotopic (exact) mass is 1120 g/mol. The van der Waals surface area contributed by atoms with E-state index in [-0.39, 0.29) is 41.1 Å². The van der Waals surface area contributed by atoms with E-state index in [1.54, 1.807) is 59.5 Å². The molecule has 412 valence electrons. The maximum absolute atomic E-state index is 13.4. The fourth-order valence-corrected chi connectivity index (χ4v) is 10.5. The van der Waals surface area contributed by atoms with Crippen molar-refractivity contribution in [2.24, 2.45) is 0 Å². The van der Waals surface area contributed by atoms with Gasteiger partial charge in [-0.1, -0.05) is 63.3 Å². The Balaban J connectivity index is 0.00000274. The summed E-state index contributed by atoms with van der Waals surface area (Å²) >= 11 is 0. The Labute approximate surface area is 435 Å². The van der Waals surface area contributed by atoms with Gasteiger partial charge in [0.2, 0.25) is 0 Å². The average Bonchev–Trinajstić information content (AvgIpc) is 3.72. The van der Waals surface area contributed by atoms with Crippen LogP contribution < -0.4 is 49.5 Å². The number of aliphatic hydroxyl groups excluding tert-OH is 3. The number of hydrogen-bond acceptors (Lipinski definition) is 23. The van der Waals surface area contributed by atoms with Crippen molar-refractivity contribution < 1.29 is 110 Å². The average molecular weight is 1120 g/mol. The van der Waals surface area contributed by atoms with Crippen LogP contribution in [0.1, 0.15) is 78.1 Å². The van der Waals surface area contributed by atoms with Crippen molar-refractivity contribution >= 4 is 53.8 Å². The van der Waals surface area contributed by atoms with Gasteiger partial charge in [-0.2, -0.15) is 0 Å². The molecule has 1 aliphatic carbocycles. The molecule has 26 nitrogen and oxygen atoms in total. The number of aliphatic hydroxyl groups is 3. The number of nitrogens with one attached hydrogen (secondary N) is 2. The molecule has 29 heteroatoms. The number of rotatable bonds is 19. The van der Waals surface area contributed by atoms with Crippen molar-refractivity contribution in [1.82, 2.24) is 4.90 Å². The smallest absolute Gasteiger partial charge is 0.411 e.